The fourth-order valence-corrected chi connectivity index (χ4v) is 7.36. The van der Waals surface area contributed by atoms with Crippen molar-refractivity contribution in [3.63, 3.8) is 0 Å². The van der Waals surface area contributed by atoms with Gasteiger partial charge in [0.25, 0.3) is 15.9 Å². The molecule has 284 valence electrons. The number of rotatable bonds is 9. The molecule has 5 rings (SSSR count). The molecule has 0 aromatic heterocycles. The zero-order valence-electron chi connectivity index (χ0n) is 30.9. The van der Waals surface area contributed by atoms with Crippen LogP contribution >= 0.6 is 0 Å². The van der Waals surface area contributed by atoms with Crippen LogP contribution in [0.5, 0.6) is 11.5 Å². The molecule has 0 spiro atoms. The number of methoxy groups -OCH3 is 1. The Morgan fingerprint density at radius 1 is 1.04 bits per heavy atom. The van der Waals surface area contributed by atoms with Gasteiger partial charge in [0.2, 0.25) is 0 Å². The van der Waals surface area contributed by atoms with E-state index in [1.807, 2.05) is 56.3 Å². The summed E-state index contributed by atoms with van der Waals surface area (Å²) in [6, 6.07) is 23.3. The van der Waals surface area contributed by atoms with E-state index in [1.54, 1.807) is 48.0 Å². The van der Waals surface area contributed by atoms with Crippen LogP contribution in [0.3, 0.4) is 0 Å². The lowest BCUT2D eigenvalue weighted by molar-refractivity contribution is -0.0115. The van der Waals surface area contributed by atoms with Gasteiger partial charge >= 0.3 is 6.03 Å². The molecule has 4 aromatic rings. The molecule has 0 saturated heterocycles. The van der Waals surface area contributed by atoms with Crippen LogP contribution in [0.1, 0.15) is 50.4 Å². The molecule has 0 unspecified atom stereocenters. The highest BCUT2D eigenvalue weighted by Crippen LogP contribution is 2.30. The quantitative estimate of drug-likeness (QED) is 0.174. The van der Waals surface area contributed by atoms with Crippen molar-refractivity contribution in [2.75, 3.05) is 50.5 Å². The van der Waals surface area contributed by atoms with Crippen LogP contribution in [0.15, 0.2) is 89.8 Å². The summed E-state index contributed by atoms with van der Waals surface area (Å²) in [5.41, 5.74) is 1.03. The number of anilines is 2. The van der Waals surface area contributed by atoms with Gasteiger partial charge in [-0.15, -0.1) is 0 Å². The molecule has 3 amide bonds. The molecule has 0 aliphatic carbocycles. The van der Waals surface area contributed by atoms with Gasteiger partial charge in [0.05, 0.1) is 48.1 Å². The van der Waals surface area contributed by atoms with Crippen LogP contribution in [-0.2, 0) is 14.8 Å². The molecule has 4 aromatic carbocycles. The molecule has 1 aliphatic rings. The Kier molecular flexibility index (Phi) is 13.2. The van der Waals surface area contributed by atoms with Crippen molar-refractivity contribution in [2.24, 2.45) is 5.92 Å². The van der Waals surface area contributed by atoms with E-state index in [0.29, 0.717) is 30.2 Å². The highest BCUT2D eigenvalue weighted by atomic mass is 32.2. The number of carbonyl (C=O) groups excluding carboxylic acids is 2. The Morgan fingerprint density at radius 2 is 1.77 bits per heavy atom. The number of ether oxygens (including phenoxy) is 3. The summed E-state index contributed by atoms with van der Waals surface area (Å²) in [5, 5.41) is 15.3. The van der Waals surface area contributed by atoms with Crippen LogP contribution in [0.25, 0.3) is 10.8 Å². The van der Waals surface area contributed by atoms with Crippen molar-refractivity contribution in [3.8, 4) is 11.5 Å². The average Bonchev–Trinajstić information content (AvgIpc) is 3.15. The van der Waals surface area contributed by atoms with E-state index in [9.17, 15) is 23.1 Å². The van der Waals surface area contributed by atoms with Crippen molar-refractivity contribution in [2.45, 2.75) is 63.2 Å². The number of hydrogen-bond donors (Lipinski definition) is 3. The second-order valence-corrected chi connectivity index (χ2v) is 15.3. The zero-order chi connectivity index (χ0) is 38.1. The minimum absolute atomic E-state index is 0.0285. The fraction of sp³-hybridized carbons (Fsp3) is 0.400. The Morgan fingerprint density at radius 3 is 2.51 bits per heavy atom. The number of benzene rings is 4. The van der Waals surface area contributed by atoms with Crippen molar-refractivity contribution < 1.29 is 37.3 Å². The summed E-state index contributed by atoms with van der Waals surface area (Å²) in [6.45, 7) is 6.19. The third kappa shape index (κ3) is 9.98. The van der Waals surface area contributed by atoms with Crippen LogP contribution in [-0.4, -0.2) is 94.0 Å². The van der Waals surface area contributed by atoms with E-state index in [1.165, 1.54) is 25.3 Å². The smallest absolute Gasteiger partial charge is 0.321 e. The third-order valence-corrected chi connectivity index (χ3v) is 10.9. The van der Waals surface area contributed by atoms with Crippen LogP contribution in [0, 0.1) is 5.92 Å². The van der Waals surface area contributed by atoms with Crippen molar-refractivity contribution in [1.82, 2.24) is 9.80 Å². The summed E-state index contributed by atoms with van der Waals surface area (Å²) >= 11 is 0. The number of sulfonamides is 1. The number of fused-ring (bicyclic) bond motifs is 2. The number of carbonyl (C=O) groups is 2. The van der Waals surface area contributed by atoms with Gasteiger partial charge in [-0.25, -0.2) is 13.2 Å². The highest BCUT2D eigenvalue weighted by molar-refractivity contribution is 7.92. The number of amides is 3. The van der Waals surface area contributed by atoms with E-state index in [-0.39, 0.29) is 53.9 Å². The number of nitrogens with zero attached hydrogens (tertiary/aromatic N) is 2. The van der Waals surface area contributed by atoms with Gasteiger partial charge in [0.1, 0.15) is 11.5 Å². The van der Waals surface area contributed by atoms with E-state index >= 15 is 0 Å². The molecule has 0 radical (unpaired) electrons. The van der Waals surface area contributed by atoms with Gasteiger partial charge in [-0.3, -0.25) is 9.52 Å². The summed E-state index contributed by atoms with van der Waals surface area (Å²) in [4.78, 5) is 31.1. The molecule has 1 aliphatic heterocycles. The van der Waals surface area contributed by atoms with Gasteiger partial charge in [-0.05, 0) is 87.0 Å². The number of nitrogens with one attached hydrogen (secondary N) is 2. The van der Waals surface area contributed by atoms with E-state index in [4.69, 9.17) is 14.2 Å². The summed E-state index contributed by atoms with van der Waals surface area (Å²) in [6.07, 6.45) is 1.55. The van der Waals surface area contributed by atoms with Crippen molar-refractivity contribution >= 4 is 44.1 Å². The predicted molar refractivity (Wildman–Crippen MR) is 206 cm³/mol. The molecule has 1 heterocycles. The molecule has 0 bridgehead atoms. The first kappa shape index (κ1) is 39.4. The van der Waals surface area contributed by atoms with Crippen LogP contribution < -0.4 is 19.5 Å². The Bertz CT molecular complexity index is 1970. The minimum Gasteiger partial charge on any atom is -0.497 e. The Balaban J connectivity index is 1.40. The average molecular weight is 747 g/mol. The number of aliphatic hydroxyl groups excluding tert-OH is 1. The minimum atomic E-state index is -4.01. The normalized spacial score (nSPS) is 19.3. The Labute approximate surface area is 312 Å². The number of aliphatic hydroxyl groups is 1. The molecule has 0 saturated carbocycles. The molecule has 12 nitrogen and oxygen atoms in total. The largest absolute Gasteiger partial charge is 0.497 e. The first-order valence-electron chi connectivity index (χ1n) is 17.9. The maximum Gasteiger partial charge on any atom is 0.321 e. The summed E-state index contributed by atoms with van der Waals surface area (Å²) in [5.74, 6) is 0.114. The Hall–Kier alpha value is -4.85. The highest BCUT2D eigenvalue weighted by Gasteiger charge is 2.31. The van der Waals surface area contributed by atoms with Crippen molar-refractivity contribution in [3.05, 3.63) is 90.5 Å². The van der Waals surface area contributed by atoms with Crippen LogP contribution in [0.4, 0.5) is 16.2 Å². The first-order chi connectivity index (χ1) is 25.4. The lowest BCUT2D eigenvalue weighted by Crippen LogP contribution is -2.48. The molecular weight excluding hydrogens is 697 g/mol. The van der Waals surface area contributed by atoms with E-state index in [2.05, 4.69) is 10.0 Å². The number of hydrogen-bond acceptors (Lipinski definition) is 8. The van der Waals surface area contributed by atoms with Crippen molar-refractivity contribution in [1.29, 1.82) is 0 Å². The summed E-state index contributed by atoms with van der Waals surface area (Å²) < 4.78 is 47.1. The number of likely N-dealkylation sites (N-methyl/N-ethyl adjacent to an activating group) is 1. The summed E-state index contributed by atoms with van der Waals surface area (Å²) in [7, 11) is -0.797. The van der Waals surface area contributed by atoms with Gasteiger partial charge < -0.3 is 34.4 Å². The third-order valence-electron chi connectivity index (χ3n) is 9.51. The lowest BCUT2D eigenvalue weighted by Gasteiger charge is -2.35. The molecular formula is C40H50N4O8S. The SMILES string of the molecule is COc1ccc(S(=O)(=O)Nc2ccc3c(c2)C(=O)N([C@@H](C)CO)C[C@H](C)[C@H](CN(C)C(=O)Nc2cccc4ccccc24)OCCCC[C@@H](C)O3)cc1. The van der Waals surface area contributed by atoms with Gasteiger partial charge in [-0.2, -0.15) is 0 Å². The van der Waals surface area contributed by atoms with E-state index < -0.39 is 28.1 Å². The molecule has 53 heavy (non-hydrogen) atoms. The predicted octanol–water partition coefficient (Wildman–Crippen LogP) is 6.61. The van der Waals surface area contributed by atoms with Crippen LogP contribution in [0.2, 0.25) is 0 Å². The standard InChI is InChI=1S/C40H50N4O8S/c1-27-24-44(28(2)26-45)39(46)35-23-31(42-53(48,49)33-19-17-32(50-5)18-20-33)16-21-37(35)52-29(3)11-8-9-22-51-38(27)25-43(4)40(47)41-36-15-10-13-30-12-6-7-14-34(30)36/h6-7,10,12-21,23,27-29,38,42,45H,8-9,11,22,24-26H2,1-5H3,(H,41,47)/t27-,28-,29+,38-/m0/s1. The molecule has 3 N–H and O–H groups in total. The second-order valence-electron chi connectivity index (χ2n) is 13.6. The lowest BCUT2D eigenvalue weighted by atomic mass is 10.0. The maximum atomic E-state index is 14.5. The second kappa shape index (κ2) is 17.8. The number of urea groups is 1. The topological polar surface area (TPSA) is 147 Å². The van der Waals surface area contributed by atoms with Gasteiger partial charge in [0.15, 0.2) is 0 Å². The molecule has 4 atom stereocenters. The molecule has 13 heteroatoms. The van der Waals surface area contributed by atoms with Gasteiger partial charge in [0, 0.05) is 43.7 Å². The zero-order valence-corrected chi connectivity index (χ0v) is 31.8. The monoisotopic (exact) mass is 746 g/mol. The fourth-order valence-electron chi connectivity index (χ4n) is 6.32. The van der Waals surface area contributed by atoms with Gasteiger partial charge in [-0.1, -0.05) is 43.3 Å². The first-order valence-corrected chi connectivity index (χ1v) is 19.4. The molecule has 0 fully saturated rings. The van der Waals surface area contributed by atoms with E-state index in [0.717, 1.165) is 23.6 Å². The maximum absolute atomic E-state index is 14.5.